The summed E-state index contributed by atoms with van der Waals surface area (Å²) in [5.41, 5.74) is 7.92. The molecule has 2 N–H and O–H groups in total. The summed E-state index contributed by atoms with van der Waals surface area (Å²) < 4.78 is 3.06. The van der Waals surface area contributed by atoms with Crippen molar-refractivity contribution in [2.45, 2.75) is 13.0 Å². The molecule has 84 valence electrons. The first-order chi connectivity index (χ1) is 7.59. The molecule has 0 aliphatic rings. The Morgan fingerprint density at radius 2 is 2.25 bits per heavy atom. The van der Waals surface area contributed by atoms with Gasteiger partial charge in [-0.25, -0.2) is 4.98 Å². The standard InChI is InChI=1S/C11H11ClIN3/c1-7(14)11-5-15-6-16(11)10-3-2-8(12)4-9(10)13/h2-7H,14H2,1H3/t7-/m0/s1. The predicted molar refractivity (Wildman–Crippen MR) is 73.9 cm³/mol. The number of rotatable bonds is 2. The highest BCUT2D eigenvalue weighted by molar-refractivity contribution is 14.1. The van der Waals surface area contributed by atoms with Crippen LogP contribution >= 0.6 is 34.2 Å². The minimum atomic E-state index is -0.0472. The molecule has 0 amide bonds. The maximum absolute atomic E-state index is 5.93. The van der Waals surface area contributed by atoms with Crippen molar-refractivity contribution in [3.63, 3.8) is 0 Å². The number of imidazole rings is 1. The topological polar surface area (TPSA) is 43.8 Å². The fourth-order valence-corrected chi connectivity index (χ4v) is 2.65. The van der Waals surface area contributed by atoms with E-state index < -0.39 is 0 Å². The summed E-state index contributed by atoms with van der Waals surface area (Å²) in [5.74, 6) is 0. The third-order valence-corrected chi connectivity index (χ3v) is 3.40. The quantitative estimate of drug-likeness (QED) is 0.848. The van der Waals surface area contributed by atoms with Crippen LogP contribution in [0, 0.1) is 3.57 Å². The van der Waals surface area contributed by atoms with E-state index >= 15 is 0 Å². The molecule has 0 aliphatic heterocycles. The van der Waals surface area contributed by atoms with E-state index in [1.807, 2.05) is 29.7 Å². The van der Waals surface area contributed by atoms with Crippen LogP contribution in [0.25, 0.3) is 5.69 Å². The van der Waals surface area contributed by atoms with Crippen molar-refractivity contribution in [2.24, 2.45) is 5.73 Å². The van der Waals surface area contributed by atoms with Gasteiger partial charge in [-0.2, -0.15) is 0 Å². The van der Waals surface area contributed by atoms with Crippen LogP contribution in [0.5, 0.6) is 0 Å². The maximum Gasteiger partial charge on any atom is 0.0995 e. The van der Waals surface area contributed by atoms with Gasteiger partial charge in [0.25, 0.3) is 0 Å². The monoisotopic (exact) mass is 347 g/mol. The second kappa shape index (κ2) is 4.73. The predicted octanol–water partition coefficient (Wildman–Crippen LogP) is 3.15. The Hall–Kier alpha value is -0.590. The second-order valence-electron chi connectivity index (χ2n) is 3.57. The van der Waals surface area contributed by atoms with Crippen molar-refractivity contribution in [1.29, 1.82) is 0 Å². The van der Waals surface area contributed by atoms with Crippen molar-refractivity contribution < 1.29 is 0 Å². The van der Waals surface area contributed by atoms with Crippen molar-refractivity contribution in [1.82, 2.24) is 9.55 Å². The molecule has 1 aromatic heterocycles. The fourth-order valence-electron chi connectivity index (χ4n) is 1.52. The Bertz CT molecular complexity index is 508. The molecule has 0 bridgehead atoms. The molecule has 0 unspecified atom stereocenters. The van der Waals surface area contributed by atoms with E-state index in [1.165, 1.54) is 0 Å². The van der Waals surface area contributed by atoms with E-state index in [0.29, 0.717) is 0 Å². The summed E-state index contributed by atoms with van der Waals surface area (Å²) in [6.07, 6.45) is 3.56. The number of benzene rings is 1. The number of nitrogens with two attached hydrogens (primary N) is 1. The van der Waals surface area contributed by atoms with Gasteiger partial charge in [-0.3, -0.25) is 0 Å². The lowest BCUT2D eigenvalue weighted by Gasteiger charge is -2.12. The average molecular weight is 348 g/mol. The lowest BCUT2D eigenvalue weighted by molar-refractivity contribution is 0.751. The van der Waals surface area contributed by atoms with E-state index in [-0.39, 0.29) is 6.04 Å². The Morgan fingerprint density at radius 1 is 1.50 bits per heavy atom. The highest BCUT2D eigenvalue weighted by Gasteiger charge is 2.10. The fraction of sp³-hybridized carbons (Fsp3) is 0.182. The summed E-state index contributed by atoms with van der Waals surface area (Å²) in [6.45, 7) is 1.94. The zero-order valence-electron chi connectivity index (χ0n) is 8.69. The summed E-state index contributed by atoms with van der Waals surface area (Å²) in [6, 6.07) is 5.71. The average Bonchev–Trinajstić information content (AvgIpc) is 2.66. The highest BCUT2D eigenvalue weighted by atomic mass is 127. The van der Waals surface area contributed by atoms with Crippen LogP contribution in [-0.2, 0) is 0 Å². The van der Waals surface area contributed by atoms with Crippen molar-refractivity contribution in [3.8, 4) is 5.69 Å². The van der Waals surface area contributed by atoms with Gasteiger partial charge in [-0.05, 0) is 47.7 Å². The molecule has 5 heteroatoms. The van der Waals surface area contributed by atoms with Gasteiger partial charge >= 0.3 is 0 Å². The van der Waals surface area contributed by atoms with Gasteiger partial charge in [0, 0.05) is 14.6 Å². The number of halogens is 2. The zero-order valence-corrected chi connectivity index (χ0v) is 11.6. The van der Waals surface area contributed by atoms with Crippen LogP contribution in [0.3, 0.4) is 0 Å². The molecule has 0 saturated carbocycles. The van der Waals surface area contributed by atoms with Gasteiger partial charge in [0.1, 0.15) is 0 Å². The minimum Gasteiger partial charge on any atom is -0.323 e. The summed E-state index contributed by atoms with van der Waals surface area (Å²) >= 11 is 8.18. The molecule has 16 heavy (non-hydrogen) atoms. The summed E-state index contributed by atoms with van der Waals surface area (Å²) in [4.78, 5) is 4.13. The summed E-state index contributed by atoms with van der Waals surface area (Å²) in [5, 5.41) is 0.732. The van der Waals surface area contributed by atoms with Crippen LogP contribution in [0.2, 0.25) is 5.02 Å². The first kappa shape index (κ1) is 11.9. The Morgan fingerprint density at radius 3 is 2.88 bits per heavy atom. The van der Waals surface area contributed by atoms with Crippen molar-refractivity contribution in [2.75, 3.05) is 0 Å². The number of aromatic nitrogens is 2. The molecule has 0 aliphatic carbocycles. The van der Waals surface area contributed by atoms with Gasteiger partial charge in [-0.15, -0.1) is 0 Å². The third kappa shape index (κ3) is 2.23. The number of hydrogen-bond acceptors (Lipinski definition) is 2. The molecule has 0 fully saturated rings. The number of nitrogens with zero attached hydrogens (tertiary/aromatic N) is 2. The van der Waals surface area contributed by atoms with Gasteiger partial charge in [0.2, 0.25) is 0 Å². The third-order valence-electron chi connectivity index (χ3n) is 2.30. The number of hydrogen-bond donors (Lipinski definition) is 1. The molecular weight excluding hydrogens is 336 g/mol. The van der Waals surface area contributed by atoms with Crippen LogP contribution in [0.4, 0.5) is 0 Å². The maximum atomic E-state index is 5.93. The molecule has 1 heterocycles. The molecule has 0 spiro atoms. The van der Waals surface area contributed by atoms with E-state index in [9.17, 15) is 0 Å². The van der Waals surface area contributed by atoms with Crippen LogP contribution in [-0.4, -0.2) is 9.55 Å². The van der Waals surface area contributed by atoms with Crippen molar-refractivity contribution in [3.05, 3.63) is 45.0 Å². The molecule has 2 rings (SSSR count). The molecule has 0 radical (unpaired) electrons. The molecular formula is C11H11ClIN3. The largest absolute Gasteiger partial charge is 0.323 e. The van der Waals surface area contributed by atoms with Gasteiger partial charge in [0.15, 0.2) is 0 Å². The molecule has 2 aromatic rings. The first-order valence-corrected chi connectivity index (χ1v) is 6.28. The highest BCUT2D eigenvalue weighted by Crippen LogP contribution is 2.24. The van der Waals surface area contributed by atoms with Gasteiger partial charge in [-0.1, -0.05) is 11.6 Å². The van der Waals surface area contributed by atoms with Crippen molar-refractivity contribution >= 4 is 34.2 Å². The van der Waals surface area contributed by atoms with Crippen LogP contribution in [0.15, 0.2) is 30.7 Å². The smallest absolute Gasteiger partial charge is 0.0995 e. The van der Waals surface area contributed by atoms with E-state index in [1.54, 1.807) is 12.5 Å². The first-order valence-electron chi connectivity index (χ1n) is 4.83. The lowest BCUT2D eigenvalue weighted by Crippen LogP contribution is -2.11. The Labute approximate surface area is 113 Å². The SMILES string of the molecule is C[C@H](N)c1cncn1-c1ccc(Cl)cc1I. The van der Waals surface area contributed by atoms with Crippen LogP contribution in [0.1, 0.15) is 18.7 Å². The van der Waals surface area contributed by atoms with E-state index in [2.05, 4.69) is 27.6 Å². The van der Waals surface area contributed by atoms with Gasteiger partial charge < -0.3 is 10.3 Å². The molecule has 1 atom stereocenters. The normalized spacial score (nSPS) is 12.8. The summed E-state index contributed by atoms with van der Waals surface area (Å²) in [7, 11) is 0. The van der Waals surface area contributed by atoms with E-state index in [4.69, 9.17) is 17.3 Å². The van der Waals surface area contributed by atoms with E-state index in [0.717, 1.165) is 20.0 Å². The molecule has 1 aromatic carbocycles. The Kier molecular flexibility index (Phi) is 3.51. The second-order valence-corrected chi connectivity index (χ2v) is 5.17. The minimum absolute atomic E-state index is 0.0472. The lowest BCUT2D eigenvalue weighted by atomic mass is 10.2. The molecule has 0 saturated heterocycles. The zero-order chi connectivity index (χ0) is 11.7. The Balaban J connectivity index is 2.54. The van der Waals surface area contributed by atoms with Crippen LogP contribution < -0.4 is 5.73 Å². The molecule has 3 nitrogen and oxygen atoms in total. The van der Waals surface area contributed by atoms with Gasteiger partial charge in [0.05, 0.1) is 23.9 Å².